The van der Waals surface area contributed by atoms with Crippen molar-refractivity contribution in [3.8, 4) is 0 Å². The van der Waals surface area contributed by atoms with Crippen LogP contribution in [0.1, 0.15) is 43.9 Å². The van der Waals surface area contributed by atoms with Gasteiger partial charge in [-0.15, -0.1) is 0 Å². The van der Waals surface area contributed by atoms with E-state index in [1.807, 2.05) is 0 Å². The third-order valence-corrected chi connectivity index (χ3v) is 7.92. The summed E-state index contributed by atoms with van der Waals surface area (Å²) in [5.74, 6) is 0. The molecule has 2 aliphatic heterocycles. The highest BCUT2D eigenvalue weighted by molar-refractivity contribution is 14.1. The number of hydrogen-bond acceptors (Lipinski definition) is 3. The van der Waals surface area contributed by atoms with Gasteiger partial charge < -0.3 is 4.90 Å². The minimum atomic E-state index is 0.520. The van der Waals surface area contributed by atoms with Crippen LogP contribution in [0.2, 0.25) is 0 Å². The molecule has 1 atom stereocenters. The third kappa shape index (κ3) is 4.97. The predicted octanol–water partition coefficient (Wildman–Crippen LogP) is 5.20. The Morgan fingerprint density at radius 3 is 2.17 bits per heavy atom. The van der Waals surface area contributed by atoms with Crippen molar-refractivity contribution in [3.63, 3.8) is 0 Å². The second-order valence-corrected chi connectivity index (χ2v) is 9.67. The van der Waals surface area contributed by atoms with Crippen molar-refractivity contribution >= 4 is 28.3 Å². The Labute approximate surface area is 190 Å². The fourth-order valence-electron chi connectivity index (χ4n) is 4.94. The second-order valence-electron chi connectivity index (χ2n) is 8.51. The van der Waals surface area contributed by atoms with Crippen molar-refractivity contribution in [1.82, 2.24) is 9.80 Å². The smallest absolute Gasteiger partial charge is 0.0367 e. The van der Waals surface area contributed by atoms with E-state index >= 15 is 0 Å². The highest BCUT2D eigenvalue weighted by atomic mass is 127. The average Bonchev–Trinajstić information content (AvgIpc) is 2.79. The summed E-state index contributed by atoms with van der Waals surface area (Å²) in [6, 6.07) is 19.3. The number of halogens is 1. The van der Waals surface area contributed by atoms with E-state index < -0.39 is 0 Å². The minimum absolute atomic E-state index is 0.520. The summed E-state index contributed by atoms with van der Waals surface area (Å²) < 4.78 is 1.39. The SMILES string of the molecule is CCc1ccc(N2CCN(C3CCN(C(C)c4ccccc4I)CC3)CC2)cc1. The molecule has 0 spiro atoms. The van der Waals surface area contributed by atoms with E-state index in [1.54, 1.807) is 0 Å². The number of nitrogens with zero attached hydrogens (tertiary/aromatic N) is 3. The molecule has 2 aromatic carbocycles. The van der Waals surface area contributed by atoms with Gasteiger partial charge in [-0.1, -0.05) is 37.3 Å². The summed E-state index contributed by atoms with van der Waals surface area (Å²) in [7, 11) is 0. The van der Waals surface area contributed by atoms with Crippen molar-refractivity contribution in [2.45, 2.75) is 45.2 Å². The Kier molecular flexibility index (Phi) is 7.14. The number of piperidine rings is 1. The topological polar surface area (TPSA) is 9.72 Å². The normalized spacial score (nSPS) is 20.7. The van der Waals surface area contributed by atoms with Crippen LogP contribution in [0.3, 0.4) is 0 Å². The number of hydrogen-bond donors (Lipinski definition) is 0. The summed E-state index contributed by atoms with van der Waals surface area (Å²) in [6.45, 7) is 11.7. The Bertz CT molecular complexity index is 775. The highest BCUT2D eigenvalue weighted by Gasteiger charge is 2.29. The number of piperazine rings is 1. The molecule has 2 aromatic rings. The van der Waals surface area contributed by atoms with Gasteiger partial charge in [0, 0.05) is 60.6 Å². The maximum atomic E-state index is 2.76. The molecule has 4 heteroatoms. The third-order valence-electron chi connectivity index (χ3n) is 6.94. The first-order valence-corrected chi connectivity index (χ1v) is 12.3. The van der Waals surface area contributed by atoms with Crippen molar-refractivity contribution in [2.75, 3.05) is 44.2 Å². The zero-order valence-electron chi connectivity index (χ0n) is 17.9. The average molecular weight is 503 g/mol. The van der Waals surface area contributed by atoms with Crippen LogP contribution in [0.5, 0.6) is 0 Å². The van der Waals surface area contributed by atoms with Crippen LogP contribution < -0.4 is 4.90 Å². The van der Waals surface area contributed by atoms with Crippen LogP contribution in [0.15, 0.2) is 48.5 Å². The van der Waals surface area contributed by atoms with Crippen LogP contribution in [-0.4, -0.2) is 55.1 Å². The van der Waals surface area contributed by atoms with Crippen LogP contribution in [-0.2, 0) is 6.42 Å². The first-order valence-electron chi connectivity index (χ1n) is 11.2. The largest absolute Gasteiger partial charge is 0.369 e. The molecular weight excluding hydrogens is 469 g/mol. The zero-order chi connectivity index (χ0) is 20.2. The first kappa shape index (κ1) is 21.1. The van der Waals surface area contributed by atoms with Gasteiger partial charge in [-0.3, -0.25) is 9.80 Å². The molecule has 0 amide bonds. The number of rotatable bonds is 5. The second kappa shape index (κ2) is 9.80. The van der Waals surface area contributed by atoms with Gasteiger partial charge in [0.1, 0.15) is 0 Å². The van der Waals surface area contributed by atoms with Gasteiger partial charge in [0.25, 0.3) is 0 Å². The Morgan fingerprint density at radius 1 is 0.897 bits per heavy atom. The number of aryl methyl sites for hydroxylation is 1. The molecular formula is C25H34IN3. The molecule has 0 radical (unpaired) electrons. The number of anilines is 1. The maximum Gasteiger partial charge on any atom is 0.0367 e. The molecule has 3 nitrogen and oxygen atoms in total. The molecule has 1 unspecified atom stereocenters. The first-order chi connectivity index (χ1) is 14.2. The van der Waals surface area contributed by atoms with Crippen LogP contribution in [0.25, 0.3) is 0 Å². The standard InChI is InChI=1S/C25H34IN3/c1-3-21-8-10-22(11-9-21)28-16-18-29(19-17-28)23-12-14-27(15-13-23)20(2)24-6-4-5-7-25(24)26/h4-11,20,23H,3,12-19H2,1-2H3. The van der Waals surface area contributed by atoms with Gasteiger partial charge in [0.2, 0.25) is 0 Å². The van der Waals surface area contributed by atoms with E-state index in [1.165, 1.54) is 59.4 Å². The summed E-state index contributed by atoms with van der Waals surface area (Å²) in [6.07, 6.45) is 3.73. The van der Waals surface area contributed by atoms with Crippen molar-refractivity contribution in [1.29, 1.82) is 0 Å². The van der Waals surface area contributed by atoms with E-state index in [-0.39, 0.29) is 0 Å². The van der Waals surface area contributed by atoms with Crippen molar-refractivity contribution in [3.05, 3.63) is 63.2 Å². The molecule has 0 N–H and O–H groups in total. The number of likely N-dealkylation sites (tertiary alicyclic amines) is 1. The minimum Gasteiger partial charge on any atom is -0.369 e. The lowest BCUT2D eigenvalue weighted by molar-refractivity contribution is 0.0838. The predicted molar refractivity (Wildman–Crippen MR) is 132 cm³/mol. The van der Waals surface area contributed by atoms with Gasteiger partial charge in [0.05, 0.1) is 0 Å². The lowest BCUT2D eigenvalue weighted by Crippen LogP contribution is -2.53. The van der Waals surface area contributed by atoms with E-state index in [2.05, 4.69) is 99.7 Å². The molecule has 2 heterocycles. The Hall–Kier alpha value is -1.11. The fraction of sp³-hybridized carbons (Fsp3) is 0.520. The molecule has 2 saturated heterocycles. The molecule has 2 aliphatic rings. The molecule has 4 rings (SSSR count). The molecule has 156 valence electrons. The van der Waals surface area contributed by atoms with Gasteiger partial charge in [-0.25, -0.2) is 0 Å². The van der Waals surface area contributed by atoms with Gasteiger partial charge in [-0.05, 0) is 78.1 Å². The van der Waals surface area contributed by atoms with E-state index in [9.17, 15) is 0 Å². The lowest BCUT2D eigenvalue weighted by atomic mass is 9.98. The van der Waals surface area contributed by atoms with Crippen molar-refractivity contribution in [2.24, 2.45) is 0 Å². The maximum absolute atomic E-state index is 2.76. The van der Waals surface area contributed by atoms with Crippen LogP contribution in [0.4, 0.5) is 5.69 Å². The molecule has 0 aliphatic carbocycles. The Morgan fingerprint density at radius 2 is 1.55 bits per heavy atom. The fourth-order valence-corrected chi connectivity index (χ4v) is 5.77. The molecule has 0 saturated carbocycles. The molecule has 29 heavy (non-hydrogen) atoms. The number of benzene rings is 2. The van der Waals surface area contributed by atoms with Crippen LogP contribution >= 0.6 is 22.6 Å². The summed E-state index contributed by atoms with van der Waals surface area (Å²) in [4.78, 5) is 8.00. The van der Waals surface area contributed by atoms with E-state index in [0.29, 0.717) is 6.04 Å². The highest BCUT2D eigenvalue weighted by Crippen LogP contribution is 2.29. The molecule has 0 aromatic heterocycles. The zero-order valence-corrected chi connectivity index (χ0v) is 20.0. The van der Waals surface area contributed by atoms with Crippen molar-refractivity contribution < 1.29 is 0 Å². The lowest BCUT2D eigenvalue weighted by Gasteiger charge is -2.44. The molecule has 2 fully saturated rings. The van der Waals surface area contributed by atoms with Gasteiger partial charge in [0.15, 0.2) is 0 Å². The van der Waals surface area contributed by atoms with Crippen LogP contribution in [0, 0.1) is 3.57 Å². The monoisotopic (exact) mass is 503 g/mol. The summed E-state index contributed by atoms with van der Waals surface area (Å²) in [5.41, 5.74) is 4.30. The summed E-state index contributed by atoms with van der Waals surface area (Å²) in [5, 5.41) is 0. The van der Waals surface area contributed by atoms with Gasteiger partial charge in [-0.2, -0.15) is 0 Å². The van der Waals surface area contributed by atoms with E-state index in [4.69, 9.17) is 0 Å². The summed E-state index contributed by atoms with van der Waals surface area (Å²) >= 11 is 2.48. The Balaban J connectivity index is 1.27. The van der Waals surface area contributed by atoms with Gasteiger partial charge >= 0.3 is 0 Å². The molecule has 0 bridgehead atoms. The quantitative estimate of drug-likeness (QED) is 0.520. The van der Waals surface area contributed by atoms with E-state index in [0.717, 1.165) is 25.6 Å².